The number of hydrogen-bond acceptors (Lipinski definition) is 0. The quantitative estimate of drug-likeness (QED) is 0.434. The van der Waals surface area contributed by atoms with Crippen molar-refractivity contribution in [3.05, 3.63) is 0 Å². The molecule has 0 nitrogen and oxygen atoms in total. The molecule has 0 radical (unpaired) electrons. The first kappa shape index (κ1) is 12.4. The molecule has 2 heteroatoms. The van der Waals surface area contributed by atoms with Crippen LogP contribution >= 0.6 is 7.92 Å². The van der Waals surface area contributed by atoms with Crippen molar-refractivity contribution in [3.8, 4) is 0 Å². The molecule has 0 aromatic rings. The van der Waals surface area contributed by atoms with Gasteiger partial charge >= 0.3 is 37.7 Å². The molecule has 0 N–H and O–H groups in total. The summed E-state index contributed by atoms with van der Waals surface area (Å²) in [4.78, 5) is 0. The van der Waals surface area contributed by atoms with E-state index in [9.17, 15) is 0 Å². The van der Waals surface area contributed by atoms with Crippen LogP contribution in [0.25, 0.3) is 0 Å². The molecule has 0 atom stereocenters. The van der Waals surface area contributed by atoms with Gasteiger partial charge in [-0.1, -0.05) is 20.8 Å². The van der Waals surface area contributed by atoms with E-state index in [0.717, 1.165) is 0 Å². The van der Waals surface area contributed by atoms with Gasteiger partial charge in [-0.3, -0.25) is 0 Å². The molecule has 0 aromatic heterocycles. The second-order valence-corrected chi connectivity index (χ2v) is 4.86. The summed E-state index contributed by atoms with van der Waals surface area (Å²) in [6.07, 6.45) is 4.26. The average Bonchev–Trinajstić information content (AvgIpc) is 1.72. The molecule has 0 aliphatic rings. The summed E-state index contributed by atoms with van der Waals surface area (Å²) in [6, 6.07) is 0. The van der Waals surface area contributed by atoms with Crippen LogP contribution in [0.2, 0.25) is 0 Å². The van der Waals surface area contributed by atoms with Crippen LogP contribution in [-0.2, 0) is 0 Å². The van der Waals surface area contributed by atoms with Crippen LogP contribution in [0, 0.1) is 0 Å². The third-order valence-corrected chi connectivity index (χ3v) is 4.02. The van der Waals surface area contributed by atoms with E-state index in [4.69, 9.17) is 0 Å². The molecular weight excluding hydrogens is 143 g/mol. The van der Waals surface area contributed by atoms with Gasteiger partial charge in [-0.05, 0) is 18.5 Å². The van der Waals surface area contributed by atoms with Gasteiger partial charge in [-0.25, -0.2) is 0 Å². The monoisotopic (exact) mass is 160 g/mol. The number of rotatable bonds is 3. The van der Waals surface area contributed by atoms with Crippen molar-refractivity contribution in [1.82, 2.24) is 0 Å². The van der Waals surface area contributed by atoms with E-state index < -0.39 is 0 Å². The Morgan fingerprint density at radius 2 is 1.12 bits per heavy atom. The van der Waals surface area contributed by atoms with Gasteiger partial charge in [0, 0.05) is 0 Å². The molecule has 0 rings (SSSR count). The Morgan fingerprint density at radius 1 is 0.875 bits per heavy atom. The Bertz CT molecular complexity index is 30.0. The summed E-state index contributed by atoms with van der Waals surface area (Å²) in [7, 11) is 0.446. The SMILES string of the molecule is CCP(CC)CC.[CaH2]. The summed E-state index contributed by atoms with van der Waals surface area (Å²) in [6.45, 7) is 6.87. The minimum atomic E-state index is 0. The van der Waals surface area contributed by atoms with Gasteiger partial charge in [0.25, 0.3) is 0 Å². The summed E-state index contributed by atoms with van der Waals surface area (Å²) in [5.41, 5.74) is 0. The van der Waals surface area contributed by atoms with Crippen molar-refractivity contribution in [2.75, 3.05) is 18.5 Å². The standard InChI is InChI=1S/C6H15P.Ca.2H/c1-4-7(5-2)6-3;;;/h4-6H2,1-3H3;;;. The first-order valence-corrected chi connectivity index (χ1v) is 4.97. The van der Waals surface area contributed by atoms with Gasteiger partial charge in [0.15, 0.2) is 0 Å². The predicted molar refractivity (Wildman–Crippen MR) is 47.1 cm³/mol. The van der Waals surface area contributed by atoms with Crippen molar-refractivity contribution in [2.24, 2.45) is 0 Å². The van der Waals surface area contributed by atoms with Crippen molar-refractivity contribution in [3.63, 3.8) is 0 Å². The van der Waals surface area contributed by atoms with Gasteiger partial charge in [0.05, 0.1) is 0 Å². The van der Waals surface area contributed by atoms with Gasteiger partial charge in [0.1, 0.15) is 0 Å². The molecule has 8 heavy (non-hydrogen) atoms. The fraction of sp³-hybridized carbons (Fsp3) is 1.00. The summed E-state index contributed by atoms with van der Waals surface area (Å²) >= 11 is 0. The van der Waals surface area contributed by atoms with E-state index in [1.807, 2.05) is 0 Å². The normalized spacial score (nSPS) is 9.00. The van der Waals surface area contributed by atoms with E-state index >= 15 is 0 Å². The van der Waals surface area contributed by atoms with E-state index in [2.05, 4.69) is 20.8 Å². The Kier molecular flexibility index (Phi) is 13.4. The molecular formula is C6H17CaP. The van der Waals surface area contributed by atoms with Crippen molar-refractivity contribution in [1.29, 1.82) is 0 Å². The fourth-order valence-electron chi connectivity index (χ4n) is 0.671. The summed E-state index contributed by atoms with van der Waals surface area (Å²) < 4.78 is 0. The first-order valence-electron chi connectivity index (χ1n) is 3.07. The third kappa shape index (κ3) is 5.82. The summed E-state index contributed by atoms with van der Waals surface area (Å²) in [5, 5.41) is 0. The van der Waals surface area contributed by atoms with Crippen LogP contribution < -0.4 is 0 Å². The molecule has 0 unspecified atom stereocenters. The zero-order valence-electron chi connectivity index (χ0n) is 5.57. The maximum atomic E-state index is 2.29. The van der Waals surface area contributed by atoms with Crippen LogP contribution in [0.1, 0.15) is 20.8 Å². The Hall–Kier alpha value is 1.69. The van der Waals surface area contributed by atoms with Crippen LogP contribution in [0.5, 0.6) is 0 Å². The van der Waals surface area contributed by atoms with E-state index in [1.165, 1.54) is 18.5 Å². The summed E-state index contributed by atoms with van der Waals surface area (Å²) in [5.74, 6) is 0. The van der Waals surface area contributed by atoms with Crippen LogP contribution in [0.3, 0.4) is 0 Å². The fourth-order valence-corrected chi connectivity index (χ4v) is 2.01. The molecule has 0 aromatic carbocycles. The van der Waals surface area contributed by atoms with Gasteiger partial charge in [0.2, 0.25) is 0 Å². The van der Waals surface area contributed by atoms with Gasteiger partial charge < -0.3 is 0 Å². The maximum absolute atomic E-state index is 2.29. The van der Waals surface area contributed by atoms with E-state index in [0.29, 0.717) is 7.92 Å². The van der Waals surface area contributed by atoms with Gasteiger partial charge in [-0.2, -0.15) is 0 Å². The number of hydrogen-bond donors (Lipinski definition) is 0. The van der Waals surface area contributed by atoms with E-state index in [-0.39, 0.29) is 37.7 Å². The van der Waals surface area contributed by atoms with Crippen LogP contribution in [0.15, 0.2) is 0 Å². The molecule has 0 spiro atoms. The molecule has 0 aliphatic carbocycles. The average molecular weight is 160 g/mol. The molecule has 0 amide bonds. The predicted octanol–water partition coefficient (Wildman–Crippen LogP) is 1.61. The van der Waals surface area contributed by atoms with Crippen molar-refractivity contribution >= 4 is 45.7 Å². The van der Waals surface area contributed by atoms with Crippen molar-refractivity contribution < 1.29 is 0 Å². The van der Waals surface area contributed by atoms with Gasteiger partial charge in [-0.15, -0.1) is 7.92 Å². The minimum absolute atomic E-state index is 0. The molecule has 0 saturated heterocycles. The Balaban J connectivity index is 0. The molecule has 48 valence electrons. The van der Waals surface area contributed by atoms with Crippen molar-refractivity contribution in [2.45, 2.75) is 20.8 Å². The topological polar surface area (TPSA) is 0 Å². The second kappa shape index (κ2) is 8.69. The Morgan fingerprint density at radius 3 is 1.12 bits per heavy atom. The molecule has 0 aliphatic heterocycles. The van der Waals surface area contributed by atoms with Crippen LogP contribution in [0.4, 0.5) is 0 Å². The molecule has 0 saturated carbocycles. The molecule has 0 heterocycles. The molecule has 0 bridgehead atoms. The Labute approximate surface area is 84.2 Å². The first-order chi connectivity index (χ1) is 3.35. The third-order valence-electron chi connectivity index (χ3n) is 1.34. The van der Waals surface area contributed by atoms with Crippen LogP contribution in [-0.4, -0.2) is 56.2 Å². The second-order valence-electron chi connectivity index (χ2n) is 1.62. The zero-order valence-corrected chi connectivity index (χ0v) is 6.46. The zero-order chi connectivity index (χ0) is 5.70. The molecule has 0 fully saturated rings. The van der Waals surface area contributed by atoms with E-state index in [1.54, 1.807) is 0 Å².